The van der Waals surface area contributed by atoms with Gasteiger partial charge < -0.3 is 30.4 Å². The Labute approximate surface area is 267 Å². The second-order valence-corrected chi connectivity index (χ2v) is 15.1. The third kappa shape index (κ3) is 7.17. The van der Waals surface area contributed by atoms with Gasteiger partial charge in [0.1, 0.15) is 18.1 Å². The predicted octanol–water partition coefficient (Wildman–Crippen LogP) is 3.41. The lowest BCUT2D eigenvalue weighted by molar-refractivity contribution is -0.199. The van der Waals surface area contributed by atoms with Crippen LogP contribution in [0.25, 0.3) is 0 Å². The number of nitrogens with one attached hydrogen (secondary N) is 3. The minimum absolute atomic E-state index is 0.000610. The fraction of sp³-hybridized carbons (Fsp3) is 0.697. The second kappa shape index (κ2) is 12.9. The molecule has 7 atom stereocenters. The Bertz CT molecular complexity index is 1270. The molecule has 0 unspecified atom stereocenters. The number of carboxylic acid groups (broad SMARTS) is 1. The van der Waals surface area contributed by atoms with E-state index in [9.17, 15) is 24.3 Å². The zero-order valence-electron chi connectivity index (χ0n) is 28.2. The Kier molecular flexibility index (Phi) is 10.00. The first kappa shape index (κ1) is 34.8. The minimum Gasteiger partial charge on any atom is -0.465 e. The van der Waals surface area contributed by atoms with Crippen LogP contribution in [0.4, 0.5) is 4.79 Å². The third-order valence-corrected chi connectivity index (χ3v) is 10.2. The lowest BCUT2D eigenvalue weighted by atomic mass is 9.43. The van der Waals surface area contributed by atoms with Gasteiger partial charge in [-0.3, -0.25) is 19.3 Å². The van der Waals surface area contributed by atoms with Gasteiger partial charge in [-0.1, -0.05) is 58.0 Å². The number of amides is 4. The van der Waals surface area contributed by atoms with Crippen LogP contribution in [0.15, 0.2) is 30.3 Å². The molecule has 0 aromatic heterocycles. The summed E-state index contributed by atoms with van der Waals surface area (Å²) in [6, 6.07) is 6.19. The summed E-state index contributed by atoms with van der Waals surface area (Å²) >= 11 is 0. The Morgan fingerprint density at radius 2 is 1.64 bits per heavy atom. The van der Waals surface area contributed by atoms with Crippen molar-refractivity contribution in [2.24, 2.45) is 23.2 Å². The number of carbonyl (C=O) groups is 4. The highest BCUT2D eigenvalue weighted by molar-refractivity contribution is 6.46. The summed E-state index contributed by atoms with van der Waals surface area (Å²) in [7, 11) is -0.569. The summed E-state index contributed by atoms with van der Waals surface area (Å²) in [6.45, 7) is 17.0. The van der Waals surface area contributed by atoms with Gasteiger partial charge in [-0.05, 0) is 76.2 Å². The van der Waals surface area contributed by atoms with Crippen LogP contribution in [0, 0.1) is 23.2 Å². The molecule has 12 heteroatoms. The first-order valence-electron chi connectivity index (χ1n) is 16.1. The van der Waals surface area contributed by atoms with E-state index in [2.05, 4.69) is 36.7 Å². The van der Waals surface area contributed by atoms with Crippen molar-refractivity contribution in [3.63, 3.8) is 0 Å². The van der Waals surface area contributed by atoms with Crippen molar-refractivity contribution >= 4 is 30.9 Å². The Morgan fingerprint density at radius 1 is 1.00 bits per heavy atom. The number of hydrogen-bond acceptors (Lipinski definition) is 6. The van der Waals surface area contributed by atoms with Crippen molar-refractivity contribution in [1.29, 1.82) is 0 Å². The van der Waals surface area contributed by atoms with E-state index in [-0.39, 0.29) is 35.9 Å². The van der Waals surface area contributed by atoms with E-state index >= 15 is 0 Å². The monoisotopic (exact) mass is 626 g/mol. The number of hydrogen-bond donors (Lipinski definition) is 4. The topological polar surface area (TPSA) is 146 Å². The van der Waals surface area contributed by atoms with Gasteiger partial charge >= 0.3 is 13.2 Å². The molecule has 1 saturated heterocycles. The molecule has 4 aliphatic rings. The summed E-state index contributed by atoms with van der Waals surface area (Å²) in [4.78, 5) is 53.7. The number of nitrogens with zero attached hydrogens (tertiary/aromatic N) is 1. The molecular weight excluding hydrogens is 575 g/mol. The zero-order chi connectivity index (χ0) is 33.5. The molecule has 1 aromatic carbocycles. The molecule has 5 rings (SSSR count). The molecule has 2 bridgehead atoms. The van der Waals surface area contributed by atoms with Gasteiger partial charge in [0.2, 0.25) is 17.7 Å². The van der Waals surface area contributed by atoms with Crippen molar-refractivity contribution in [3.05, 3.63) is 35.9 Å². The number of benzene rings is 1. The summed E-state index contributed by atoms with van der Waals surface area (Å²) in [5.41, 5.74) is -0.229. The van der Waals surface area contributed by atoms with Crippen molar-refractivity contribution in [2.75, 3.05) is 6.44 Å². The molecule has 4 N–H and O–H groups in total. The summed E-state index contributed by atoms with van der Waals surface area (Å²) < 4.78 is 12.6. The fourth-order valence-corrected chi connectivity index (χ4v) is 7.61. The Hall–Kier alpha value is -3.12. The fourth-order valence-electron chi connectivity index (χ4n) is 7.61. The van der Waals surface area contributed by atoms with Gasteiger partial charge in [0.15, 0.2) is 0 Å². The summed E-state index contributed by atoms with van der Waals surface area (Å²) in [5, 5.41) is 18.4. The molecule has 248 valence electrons. The summed E-state index contributed by atoms with van der Waals surface area (Å²) in [6.07, 6.45) is 1.16. The van der Waals surface area contributed by atoms with Crippen molar-refractivity contribution < 1.29 is 33.6 Å². The van der Waals surface area contributed by atoms with Gasteiger partial charge in [0.05, 0.1) is 18.1 Å². The maximum atomic E-state index is 13.6. The first-order chi connectivity index (χ1) is 20.9. The number of rotatable bonds is 11. The van der Waals surface area contributed by atoms with Crippen LogP contribution in [0.2, 0.25) is 0 Å². The van der Waals surface area contributed by atoms with E-state index in [0.29, 0.717) is 11.8 Å². The zero-order valence-corrected chi connectivity index (χ0v) is 28.2. The molecule has 3 aliphatic carbocycles. The van der Waals surface area contributed by atoms with Gasteiger partial charge in [0.25, 0.3) is 0 Å². The highest BCUT2D eigenvalue weighted by Crippen LogP contribution is 2.65. The highest BCUT2D eigenvalue weighted by atomic mass is 16.7. The van der Waals surface area contributed by atoms with Gasteiger partial charge in [0, 0.05) is 12.0 Å². The molecule has 1 aromatic rings. The van der Waals surface area contributed by atoms with Gasteiger partial charge in [-0.2, -0.15) is 0 Å². The molecular formula is C33H51BN4O7. The molecule has 4 fully saturated rings. The van der Waals surface area contributed by atoms with Gasteiger partial charge in [-0.25, -0.2) is 4.79 Å². The van der Waals surface area contributed by atoms with E-state index in [1.165, 1.54) is 0 Å². The summed E-state index contributed by atoms with van der Waals surface area (Å²) in [5.74, 6) is -0.881. The minimum atomic E-state index is -1.23. The smallest absolute Gasteiger partial charge is 0.465 e. The van der Waals surface area contributed by atoms with Crippen LogP contribution < -0.4 is 16.0 Å². The maximum Gasteiger partial charge on any atom is 0.478 e. The third-order valence-electron chi connectivity index (χ3n) is 10.2. The highest BCUT2D eigenvalue weighted by Gasteiger charge is 2.67. The molecule has 1 heterocycles. The van der Waals surface area contributed by atoms with Crippen molar-refractivity contribution in [2.45, 2.75) is 117 Å². The van der Waals surface area contributed by atoms with E-state index < -0.39 is 54.6 Å². The quantitative estimate of drug-likeness (QED) is 0.276. The largest absolute Gasteiger partial charge is 0.478 e. The van der Waals surface area contributed by atoms with Crippen LogP contribution in [0.5, 0.6) is 0 Å². The average molecular weight is 627 g/mol. The van der Waals surface area contributed by atoms with Crippen LogP contribution in [-0.4, -0.2) is 82.8 Å². The van der Waals surface area contributed by atoms with Crippen LogP contribution in [-0.2, 0) is 30.1 Å². The lowest BCUT2D eigenvalue weighted by Crippen LogP contribution is -2.65. The molecule has 4 amide bonds. The molecule has 1 aliphatic heterocycles. The first-order valence-corrected chi connectivity index (χ1v) is 16.1. The second-order valence-electron chi connectivity index (χ2n) is 15.1. The Morgan fingerprint density at radius 3 is 2.20 bits per heavy atom. The lowest BCUT2D eigenvalue weighted by Gasteiger charge is -2.64. The van der Waals surface area contributed by atoms with Crippen LogP contribution in [0.3, 0.4) is 0 Å². The molecule has 3 saturated carbocycles. The van der Waals surface area contributed by atoms with Crippen molar-refractivity contribution in [3.8, 4) is 0 Å². The van der Waals surface area contributed by atoms with Crippen LogP contribution in [0.1, 0.15) is 80.7 Å². The van der Waals surface area contributed by atoms with E-state index in [0.717, 1.165) is 23.3 Å². The van der Waals surface area contributed by atoms with E-state index in [1.807, 2.05) is 30.3 Å². The van der Waals surface area contributed by atoms with Crippen LogP contribution >= 0.6 is 0 Å². The van der Waals surface area contributed by atoms with E-state index in [1.54, 1.807) is 41.5 Å². The normalized spacial score (nSPS) is 27.0. The SMILES string of the molecule is CC(C)[C@@H](C(=O)N[C@@H](Cc1ccccc1)C(=O)N[C@@H](C)C(=O)NCB1O[C@@H]2C[C@@H]3C[C@@H](C3(C)C)[C@]2(C)O1)N(C(=O)O)C(C)(C)C. The standard InChI is InChI=1S/C33H51BN4O7/c1-19(2)26(38(30(42)43)31(4,5)6)29(41)37-23(15-21-13-11-10-12-14-21)28(40)36-20(3)27(39)35-18-34-44-25-17-22-16-24(32(22,7)8)33(25,9)45-34/h10-14,19-20,22-26H,15-18H2,1-9H3,(H,35,39)(H,36,40)(H,37,41)(H,42,43)/t20-,22-,23-,24-,25+,26-,33-/m0/s1. The number of carbonyl (C=O) groups excluding carboxylic acids is 3. The Balaban J connectivity index is 1.40. The predicted molar refractivity (Wildman–Crippen MR) is 171 cm³/mol. The molecule has 0 radical (unpaired) electrons. The maximum absolute atomic E-state index is 13.6. The average Bonchev–Trinajstić information content (AvgIpc) is 3.29. The molecule has 45 heavy (non-hydrogen) atoms. The van der Waals surface area contributed by atoms with Crippen molar-refractivity contribution in [1.82, 2.24) is 20.9 Å². The molecule has 11 nitrogen and oxygen atoms in total. The van der Waals surface area contributed by atoms with Gasteiger partial charge in [-0.15, -0.1) is 0 Å². The molecule has 0 spiro atoms. The van der Waals surface area contributed by atoms with E-state index in [4.69, 9.17) is 9.31 Å².